The number of nitrogens with zero attached hydrogens (tertiary/aromatic N) is 4. The van der Waals surface area contributed by atoms with E-state index in [1.165, 1.54) is 17.0 Å². The van der Waals surface area contributed by atoms with Crippen molar-refractivity contribution in [3.8, 4) is 0 Å². The number of morpholine rings is 1. The van der Waals surface area contributed by atoms with Crippen molar-refractivity contribution < 1.29 is 23.8 Å². The van der Waals surface area contributed by atoms with Crippen LogP contribution in [0.3, 0.4) is 0 Å². The number of aliphatic hydroxyl groups excluding tert-OH is 1. The van der Waals surface area contributed by atoms with Crippen LogP contribution in [0.1, 0.15) is 23.0 Å². The van der Waals surface area contributed by atoms with Gasteiger partial charge in [0.15, 0.2) is 5.76 Å². The number of carbonyl (C=O) groups excluding carboxylic acids is 2. The number of fused-ring (bicyclic) bond motifs is 1. The number of aromatic nitrogens is 2. The van der Waals surface area contributed by atoms with Crippen LogP contribution in [0.5, 0.6) is 0 Å². The molecule has 9 heteroatoms. The summed E-state index contributed by atoms with van der Waals surface area (Å²) in [5.74, 6) is -2.17. The molecule has 4 heterocycles. The molecule has 2 fully saturated rings. The minimum Gasteiger partial charge on any atom is -0.505 e. The van der Waals surface area contributed by atoms with Crippen LogP contribution < -0.4 is 0 Å². The fourth-order valence-corrected chi connectivity index (χ4v) is 4.70. The van der Waals surface area contributed by atoms with Gasteiger partial charge in [-0.1, -0.05) is 18.2 Å². The Morgan fingerprint density at radius 2 is 1.85 bits per heavy atom. The lowest BCUT2D eigenvalue weighted by atomic mass is 9.96. The number of imidazole rings is 1. The van der Waals surface area contributed by atoms with Gasteiger partial charge < -0.3 is 14.7 Å². The molecule has 176 valence electrons. The molecule has 34 heavy (non-hydrogen) atoms. The van der Waals surface area contributed by atoms with Crippen LogP contribution >= 0.6 is 0 Å². The van der Waals surface area contributed by atoms with Crippen molar-refractivity contribution in [2.45, 2.75) is 13.0 Å². The average molecular weight is 464 g/mol. The van der Waals surface area contributed by atoms with E-state index in [9.17, 15) is 19.1 Å². The first-order chi connectivity index (χ1) is 16.5. The highest BCUT2D eigenvalue weighted by atomic mass is 19.1. The Labute approximate surface area is 195 Å². The summed E-state index contributed by atoms with van der Waals surface area (Å²) in [4.78, 5) is 34.5. The molecule has 1 amide bonds. The van der Waals surface area contributed by atoms with E-state index in [0.717, 1.165) is 13.1 Å². The topological polar surface area (TPSA) is 87.4 Å². The maximum absolute atomic E-state index is 13.7. The van der Waals surface area contributed by atoms with E-state index < -0.39 is 23.5 Å². The summed E-state index contributed by atoms with van der Waals surface area (Å²) < 4.78 is 20.8. The number of aryl methyl sites for hydroxylation is 1. The zero-order chi connectivity index (χ0) is 23.8. The second-order valence-electron chi connectivity index (χ2n) is 8.47. The van der Waals surface area contributed by atoms with Crippen LogP contribution in [0.4, 0.5) is 4.39 Å². The second kappa shape index (κ2) is 9.00. The normalized spacial score (nSPS) is 21.0. The van der Waals surface area contributed by atoms with E-state index in [-0.39, 0.29) is 17.9 Å². The molecule has 2 aliphatic rings. The zero-order valence-electron chi connectivity index (χ0n) is 18.8. The van der Waals surface area contributed by atoms with Gasteiger partial charge in [0.05, 0.1) is 30.5 Å². The molecule has 0 spiro atoms. The SMILES string of the molecule is Cc1nc2ccccn2c1/C(O)=C1/C(=O)C(=O)N(CCN2CCOCC2)C1c1ccc(F)cc1. The number of hydrogen-bond donors (Lipinski definition) is 1. The summed E-state index contributed by atoms with van der Waals surface area (Å²) >= 11 is 0. The van der Waals surface area contributed by atoms with Crippen LogP contribution in [-0.4, -0.2) is 75.4 Å². The highest BCUT2D eigenvalue weighted by Gasteiger charge is 2.46. The fourth-order valence-electron chi connectivity index (χ4n) is 4.70. The molecule has 0 radical (unpaired) electrons. The molecule has 5 rings (SSSR count). The summed E-state index contributed by atoms with van der Waals surface area (Å²) in [5.41, 5.74) is 2.03. The number of pyridine rings is 1. The Kier molecular flexibility index (Phi) is 5.89. The van der Waals surface area contributed by atoms with Crippen LogP contribution in [0.25, 0.3) is 11.4 Å². The minimum atomic E-state index is -0.838. The highest BCUT2D eigenvalue weighted by molar-refractivity contribution is 6.46. The summed E-state index contributed by atoms with van der Waals surface area (Å²) in [5, 5.41) is 11.4. The third-order valence-electron chi connectivity index (χ3n) is 6.42. The molecular formula is C25H25FN4O4. The first-order valence-corrected chi connectivity index (χ1v) is 11.2. The smallest absolute Gasteiger partial charge is 0.295 e. The number of ether oxygens (including phenoxy) is 1. The number of amides is 1. The average Bonchev–Trinajstić information content (AvgIpc) is 3.31. The van der Waals surface area contributed by atoms with Crippen molar-refractivity contribution in [1.29, 1.82) is 0 Å². The van der Waals surface area contributed by atoms with Crippen LogP contribution in [0.2, 0.25) is 0 Å². The van der Waals surface area contributed by atoms with Gasteiger partial charge in [-0.2, -0.15) is 0 Å². The lowest BCUT2D eigenvalue weighted by Gasteiger charge is -2.31. The standard InChI is InChI=1S/C25H25FN4O4/c1-16-21(29-9-3-2-4-19(29)27-16)23(31)20-22(17-5-7-18(26)8-6-17)30(25(33)24(20)32)11-10-28-12-14-34-15-13-28/h2-9,22,31H,10-15H2,1H3/b23-20-. The van der Waals surface area contributed by atoms with Gasteiger partial charge in [0.1, 0.15) is 17.2 Å². The van der Waals surface area contributed by atoms with Gasteiger partial charge in [-0.25, -0.2) is 9.37 Å². The molecule has 1 unspecified atom stereocenters. The Bertz CT molecular complexity index is 1280. The first-order valence-electron chi connectivity index (χ1n) is 11.2. The third-order valence-corrected chi connectivity index (χ3v) is 6.42. The molecule has 8 nitrogen and oxygen atoms in total. The number of carbonyl (C=O) groups is 2. The van der Waals surface area contributed by atoms with Gasteiger partial charge in [0, 0.05) is 32.4 Å². The molecule has 3 aromatic rings. The van der Waals surface area contributed by atoms with E-state index in [4.69, 9.17) is 4.74 Å². The molecule has 1 aromatic carbocycles. The Hall–Kier alpha value is -3.56. The number of rotatable bonds is 5. The van der Waals surface area contributed by atoms with Gasteiger partial charge in [0.2, 0.25) is 0 Å². The zero-order valence-corrected chi connectivity index (χ0v) is 18.8. The van der Waals surface area contributed by atoms with E-state index in [0.29, 0.717) is 42.4 Å². The van der Waals surface area contributed by atoms with Gasteiger partial charge in [-0.05, 0) is 36.8 Å². The predicted molar refractivity (Wildman–Crippen MR) is 123 cm³/mol. The van der Waals surface area contributed by atoms with Crippen molar-refractivity contribution in [1.82, 2.24) is 19.2 Å². The first kappa shape index (κ1) is 22.2. The molecule has 0 aliphatic carbocycles. The number of aliphatic hydroxyl groups is 1. The van der Waals surface area contributed by atoms with Crippen molar-refractivity contribution >= 4 is 23.1 Å². The molecule has 1 N–H and O–H groups in total. The Morgan fingerprint density at radius 1 is 1.12 bits per heavy atom. The molecule has 0 bridgehead atoms. The van der Waals surface area contributed by atoms with Crippen molar-refractivity contribution in [3.05, 3.63) is 77.0 Å². The quantitative estimate of drug-likeness (QED) is 0.355. The molecule has 0 saturated carbocycles. The van der Waals surface area contributed by atoms with E-state index in [2.05, 4.69) is 9.88 Å². The molecular weight excluding hydrogens is 439 g/mol. The number of likely N-dealkylation sites (tertiary alicyclic amines) is 1. The maximum Gasteiger partial charge on any atom is 0.295 e. The lowest BCUT2D eigenvalue weighted by molar-refractivity contribution is -0.140. The lowest BCUT2D eigenvalue weighted by Crippen LogP contribution is -2.42. The molecule has 2 saturated heterocycles. The van der Waals surface area contributed by atoms with Gasteiger partial charge >= 0.3 is 0 Å². The fraction of sp³-hybridized carbons (Fsp3) is 0.320. The second-order valence-corrected chi connectivity index (χ2v) is 8.47. The van der Waals surface area contributed by atoms with Crippen LogP contribution in [-0.2, 0) is 14.3 Å². The summed E-state index contributed by atoms with van der Waals surface area (Å²) in [6, 6.07) is 10.2. The highest BCUT2D eigenvalue weighted by Crippen LogP contribution is 2.39. The maximum atomic E-state index is 13.7. The number of Topliss-reactive ketones (excluding diaryl/α,β-unsaturated/α-hetero) is 1. The monoisotopic (exact) mass is 464 g/mol. The predicted octanol–water partition coefficient (Wildman–Crippen LogP) is 2.54. The Balaban J connectivity index is 1.60. The summed E-state index contributed by atoms with van der Waals surface area (Å²) in [6.07, 6.45) is 1.74. The third kappa shape index (κ3) is 3.86. The largest absolute Gasteiger partial charge is 0.505 e. The summed E-state index contributed by atoms with van der Waals surface area (Å²) in [7, 11) is 0. The minimum absolute atomic E-state index is 0.0210. The van der Waals surface area contributed by atoms with Crippen LogP contribution in [0.15, 0.2) is 54.2 Å². The van der Waals surface area contributed by atoms with Crippen molar-refractivity contribution in [2.24, 2.45) is 0 Å². The molecule has 1 atom stereocenters. The number of benzene rings is 1. The molecule has 2 aromatic heterocycles. The van der Waals surface area contributed by atoms with E-state index >= 15 is 0 Å². The van der Waals surface area contributed by atoms with Crippen molar-refractivity contribution in [3.63, 3.8) is 0 Å². The number of hydrogen-bond acceptors (Lipinski definition) is 6. The summed E-state index contributed by atoms with van der Waals surface area (Å²) in [6.45, 7) is 5.31. The molecule has 2 aliphatic heterocycles. The Morgan fingerprint density at radius 3 is 2.59 bits per heavy atom. The number of ketones is 1. The number of halogens is 1. The van der Waals surface area contributed by atoms with Crippen molar-refractivity contribution in [2.75, 3.05) is 39.4 Å². The van der Waals surface area contributed by atoms with Gasteiger partial charge in [-0.15, -0.1) is 0 Å². The van der Waals surface area contributed by atoms with E-state index in [1.54, 1.807) is 41.8 Å². The van der Waals surface area contributed by atoms with Gasteiger partial charge in [0.25, 0.3) is 11.7 Å². The van der Waals surface area contributed by atoms with E-state index in [1.807, 2.05) is 6.07 Å². The van der Waals surface area contributed by atoms with Crippen LogP contribution in [0, 0.1) is 12.7 Å². The van der Waals surface area contributed by atoms with Gasteiger partial charge in [-0.3, -0.25) is 18.9 Å².